The van der Waals surface area contributed by atoms with Gasteiger partial charge in [-0.3, -0.25) is 4.52 Å². The summed E-state index contributed by atoms with van der Waals surface area (Å²) in [5.41, 5.74) is 2.41. The molecule has 0 atom stereocenters. The third kappa shape index (κ3) is 5.59. The Hall–Kier alpha value is -2.35. The third-order valence-corrected chi connectivity index (χ3v) is 4.89. The molecule has 3 aromatic rings. The van der Waals surface area contributed by atoms with Gasteiger partial charge in [0, 0.05) is 0 Å². The molecule has 0 saturated carbocycles. The molecule has 3 rings (SSSR count). The van der Waals surface area contributed by atoms with Crippen LogP contribution in [0.2, 0.25) is 0 Å². The maximum absolute atomic E-state index is 5.96. The summed E-state index contributed by atoms with van der Waals surface area (Å²) in [5, 5.41) is 0. The first kappa shape index (κ1) is 18.4. The van der Waals surface area contributed by atoms with Crippen LogP contribution in [-0.4, -0.2) is 0 Å². The van der Waals surface area contributed by atoms with E-state index >= 15 is 0 Å². The van der Waals surface area contributed by atoms with Crippen molar-refractivity contribution < 1.29 is 13.6 Å². The van der Waals surface area contributed by atoms with Gasteiger partial charge in [-0.25, -0.2) is 0 Å². The average molecular weight is 366 g/mol. The summed E-state index contributed by atoms with van der Waals surface area (Å²) in [6.07, 6.45) is 0. The van der Waals surface area contributed by atoms with E-state index in [1.54, 1.807) is 0 Å². The van der Waals surface area contributed by atoms with Gasteiger partial charge in [-0.2, -0.15) is 0 Å². The molecule has 134 valence electrons. The van der Waals surface area contributed by atoms with E-state index in [-0.39, 0.29) is 0 Å². The summed E-state index contributed by atoms with van der Waals surface area (Å²) in [5.74, 6) is 1.97. The average Bonchev–Trinajstić information content (AvgIpc) is 2.68. The van der Waals surface area contributed by atoms with Crippen LogP contribution in [0.4, 0.5) is 0 Å². The van der Waals surface area contributed by atoms with Crippen LogP contribution < -0.4 is 9.05 Å². The van der Waals surface area contributed by atoms with Crippen LogP contribution in [0, 0.1) is 0 Å². The van der Waals surface area contributed by atoms with Crippen molar-refractivity contribution >= 4 is 8.60 Å². The van der Waals surface area contributed by atoms with Crippen molar-refractivity contribution in [1.82, 2.24) is 0 Å². The van der Waals surface area contributed by atoms with Crippen LogP contribution in [0.15, 0.2) is 84.9 Å². The fourth-order valence-corrected chi connectivity index (χ4v) is 3.32. The molecule has 0 aliphatic heterocycles. The van der Waals surface area contributed by atoms with Crippen molar-refractivity contribution in [3.63, 3.8) is 0 Å². The van der Waals surface area contributed by atoms with Crippen molar-refractivity contribution in [2.45, 2.75) is 26.4 Å². The maximum Gasteiger partial charge on any atom is 0.463 e. The molecule has 0 aliphatic rings. The van der Waals surface area contributed by atoms with Crippen molar-refractivity contribution in [2.24, 2.45) is 0 Å². The van der Waals surface area contributed by atoms with E-state index in [4.69, 9.17) is 13.6 Å². The third-order valence-electron chi connectivity index (χ3n) is 3.83. The summed E-state index contributed by atoms with van der Waals surface area (Å²) < 4.78 is 17.8. The summed E-state index contributed by atoms with van der Waals surface area (Å²) in [7, 11) is -1.56. The molecule has 0 aliphatic carbocycles. The Morgan fingerprint density at radius 3 is 1.65 bits per heavy atom. The normalized spacial score (nSPS) is 10.9. The lowest BCUT2D eigenvalue weighted by Crippen LogP contribution is -2.00. The van der Waals surface area contributed by atoms with Gasteiger partial charge < -0.3 is 9.05 Å². The fourth-order valence-electron chi connectivity index (χ4n) is 2.33. The molecule has 0 fully saturated rings. The van der Waals surface area contributed by atoms with E-state index < -0.39 is 8.60 Å². The Morgan fingerprint density at radius 2 is 1.19 bits per heavy atom. The Balaban J connectivity index is 1.66. The number of para-hydroxylation sites is 2. The highest BCUT2D eigenvalue weighted by Crippen LogP contribution is 2.42. The molecule has 3 nitrogen and oxygen atoms in total. The van der Waals surface area contributed by atoms with Gasteiger partial charge in [-0.1, -0.05) is 74.5 Å². The zero-order valence-corrected chi connectivity index (χ0v) is 15.9. The molecular formula is C22H23O3P. The zero-order chi connectivity index (χ0) is 18.2. The predicted molar refractivity (Wildman–Crippen MR) is 106 cm³/mol. The van der Waals surface area contributed by atoms with Crippen molar-refractivity contribution in [1.29, 1.82) is 0 Å². The molecule has 0 spiro atoms. The maximum atomic E-state index is 5.96. The standard InChI is InChI=1S/C22H23O3P/c1-18(2)20-15-13-19(14-16-20)17-23-26(24-21-9-5-3-6-10-21)25-22-11-7-4-8-12-22/h3-16,18H,17H2,1-2H3. The van der Waals surface area contributed by atoms with E-state index in [1.165, 1.54) is 5.56 Å². The lowest BCUT2D eigenvalue weighted by atomic mass is 10.0. The fraction of sp³-hybridized carbons (Fsp3) is 0.182. The second-order valence-corrected chi connectivity index (χ2v) is 7.27. The summed E-state index contributed by atoms with van der Waals surface area (Å²) in [6.45, 7) is 4.81. The minimum absolute atomic E-state index is 0.434. The minimum Gasteiger partial charge on any atom is -0.418 e. The molecule has 0 saturated heterocycles. The predicted octanol–water partition coefficient (Wildman–Crippen LogP) is 6.71. The van der Waals surface area contributed by atoms with Gasteiger partial charge in [0.2, 0.25) is 0 Å². The Labute approximate surface area is 156 Å². The van der Waals surface area contributed by atoms with E-state index in [9.17, 15) is 0 Å². The SMILES string of the molecule is CC(C)c1ccc(COP(Oc2ccccc2)Oc2ccccc2)cc1. The molecule has 0 heterocycles. The van der Waals surface area contributed by atoms with Gasteiger partial charge in [-0.15, -0.1) is 0 Å². The molecular weight excluding hydrogens is 343 g/mol. The quantitative estimate of drug-likeness (QED) is 0.415. The highest BCUT2D eigenvalue weighted by atomic mass is 31.2. The lowest BCUT2D eigenvalue weighted by molar-refractivity contribution is 0.256. The van der Waals surface area contributed by atoms with E-state index in [1.807, 2.05) is 60.7 Å². The summed E-state index contributed by atoms with van der Waals surface area (Å²) >= 11 is 0. The molecule has 0 unspecified atom stereocenters. The monoisotopic (exact) mass is 366 g/mol. The molecule has 26 heavy (non-hydrogen) atoms. The summed E-state index contributed by atoms with van der Waals surface area (Å²) in [4.78, 5) is 0. The van der Waals surface area contributed by atoms with Crippen LogP contribution in [0.25, 0.3) is 0 Å². The van der Waals surface area contributed by atoms with E-state index in [0.29, 0.717) is 12.5 Å². The second kappa shape index (κ2) is 9.38. The summed E-state index contributed by atoms with van der Waals surface area (Å²) in [6, 6.07) is 27.6. The van der Waals surface area contributed by atoms with E-state index in [2.05, 4.69) is 38.1 Å². The molecule has 4 heteroatoms. The Bertz CT molecular complexity index is 732. The Morgan fingerprint density at radius 1 is 0.692 bits per heavy atom. The molecule has 3 aromatic carbocycles. The molecule has 0 bridgehead atoms. The van der Waals surface area contributed by atoms with Crippen molar-refractivity contribution in [3.8, 4) is 11.5 Å². The molecule has 0 radical (unpaired) electrons. The topological polar surface area (TPSA) is 27.7 Å². The second-order valence-electron chi connectivity index (χ2n) is 6.20. The van der Waals surface area contributed by atoms with E-state index in [0.717, 1.165) is 17.1 Å². The van der Waals surface area contributed by atoms with Gasteiger partial charge in [0.05, 0.1) is 6.61 Å². The first-order chi connectivity index (χ1) is 12.7. The largest absolute Gasteiger partial charge is 0.463 e. The first-order valence-corrected chi connectivity index (χ1v) is 9.78. The number of rotatable bonds is 8. The van der Waals surface area contributed by atoms with Gasteiger partial charge in [-0.05, 0) is 41.3 Å². The van der Waals surface area contributed by atoms with Crippen LogP contribution in [0.3, 0.4) is 0 Å². The van der Waals surface area contributed by atoms with Crippen LogP contribution in [0.5, 0.6) is 11.5 Å². The number of hydrogen-bond acceptors (Lipinski definition) is 3. The molecule has 0 amide bonds. The Kier molecular flexibility index (Phi) is 6.65. The highest BCUT2D eigenvalue weighted by molar-refractivity contribution is 7.42. The van der Waals surface area contributed by atoms with Crippen LogP contribution in [-0.2, 0) is 11.1 Å². The minimum atomic E-state index is -1.56. The number of hydrogen-bond donors (Lipinski definition) is 0. The van der Waals surface area contributed by atoms with Crippen molar-refractivity contribution in [3.05, 3.63) is 96.1 Å². The number of benzene rings is 3. The zero-order valence-electron chi connectivity index (χ0n) is 15.0. The highest BCUT2D eigenvalue weighted by Gasteiger charge is 2.17. The van der Waals surface area contributed by atoms with Gasteiger partial charge in [0.1, 0.15) is 11.5 Å². The van der Waals surface area contributed by atoms with Crippen LogP contribution >= 0.6 is 8.60 Å². The van der Waals surface area contributed by atoms with Crippen molar-refractivity contribution in [2.75, 3.05) is 0 Å². The van der Waals surface area contributed by atoms with Gasteiger partial charge >= 0.3 is 8.60 Å². The smallest absolute Gasteiger partial charge is 0.418 e. The van der Waals surface area contributed by atoms with Gasteiger partial charge in [0.15, 0.2) is 0 Å². The van der Waals surface area contributed by atoms with Crippen LogP contribution in [0.1, 0.15) is 30.9 Å². The first-order valence-electron chi connectivity index (χ1n) is 8.68. The van der Waals surface area contributed by atoms with Gasteiger partial charge in [0.25, 0.3) is 0 Å². The lowest BCUT2D eigenvalue weighted by Gasteiger charge is -2.18. The molecule has 0 aromatic heterocycles. The molecule has 0 N–H and O–H groups in total.